The zero-order valence-electron chi connectivity index (χ0n) is 14.5. The number of carboxylic acids is 1. The second-order valence-electron chi connectivity index (χ2n) is 5.78. The Hall–Kier alpha value is -4.28. The van der Waals surface area contributed by atoms with Gasteiger partial charge in [0.05, 0.1) is 21.9 Å². The summed E-state index contributed by atoms with van der Waals surface area (Å²) in [6, 6.07) is 9.77. The molecule has 0 radical (unpaired) electrons. The topological polar surface area (TPSA) is 169 Å². The number of nitrogens with two attached hydrogens (primary N) is 1. The van der Waals surface area contributed by atoms with Crippen LogP contribution < -0.4 is 11.3 Å². The predicted octanol–water partition coefficient (Wildman–Crippen LogP) is 3.08. The summed E-state index contributed by atoms with van der Waals surface area (Å²) in [5.74, 6) is -1.40. The number of nitro groups is 1. The van der Waals surface area contributed by atoms with Gasteiger partial charge in [-0.2, -0.15) is 0 Å². The van der Waals surface area contributed by atoms with Crippen LogP contribution in [-0.4, -0.2) is 25.8 Å². The fourth-order valence-corrected chi connectivity index (χ4v) is 2.50. The third-order valence-corrected chi connectivity index (χ3v) is 3.85. The second kappa shape index (κ2) is 7.15. The lowest BCUT2D eigenvalue weighted by Crippen LogP contribution is -2.14. The van der Waals surface area contributed by atoms with Crippen LogP contribution in [-0.2, 0) is 0 Å². The van der Waals surface area contributed by atoms with Gasteiger partial charge in [-0.1, -0.05) is 6.07 Å². The first kappa shape index (κ1) is 18.5. The van der Waals surface area contributed by atoms with E-state index in [9.17, 15) is 24.8 Å². The van der Waals surface area contributed by atoms with E-state index < -0.39 is 27.7 Å². The normalized spacial score (nSPS) is 11.0. The maximum Gasteiger partial charge on any atom is 0.338 e. The molecular formula is C17H14N6O5. The van der Waals surface area contributed by atoms with Gasteiger partial charge in [-0.15, -0.1) is 10.2 Å². The number of aryl methyl sites for hydroxylation is 1. The lowest BCUT2D eigenvalue weighted by atomic mass is 10.1. The molecule has 0 aliphatic rings. The molecule has 0 saturated carbocycles. The molecule has 0 atom stereocenters. The van der Waals surface area contributed by atoms with E-state index in [1.165, 1.54) is 4.68 Å². The molecule has 0 aliphatic heterocycles. The molecule has 11 heteroatoms. The van der Waals surface area contributed by atoms with Crippen molar-refractivity contribution in [3.05, 3.63) is 74.2 Å². The molecule has 0 bridgehead atoms. The average molecular weight is 382 g/mol. The van der Waals surface area contributed by atoms with Crippen molar-refractivity contribution in [1.29, 1.82) is 0 Å². The molecule has 28 heavy (non-hydrogen) atoms. The Morgan fingerprint density at radius 3 is 2.64 bits per heavy atom. The lowest BCUT2D eigenvalue weighted by Gasteiger charge is -2.01. The van der Waals surface area contributed by atoms with Crippen LogP contribution in [0.25, 0.3) is 5.69 Å². The summed E-state index contributed by atoms with van der Waals surface area (Å²) in [6.07, 6.45) is 0. The Bertz CT molecular complexity index is 1180. The number of H-pyrrole nitrogens is 1. The number of non-ortho nitro benzene ring substituents is 1. The molecule has 0 aliphatic carbocycles. The first-order valence-corrected chi connectivity index (χ1v) is 7.89. The van der Waals surface area contributed by atoms with Crippen LogP contribution in [0.15, 0.2) is 57.5 Å². The zero-order chi connectivity index (χ0) is 20.4. The molecule has 1 heterocycles. The Kier molecular flexibility index (Phi) is 4.73. The van der Waals surface area contributed by atoms with Crippen LogP contribution in [0.1, 0.15) is 16.1 Å². The summed E-state index contributed by atoms with van der Waals surface area (Å²) in [6.45, 7) is 1.60. The van der Waals surface area contributed by atoms with Gasteiger partial charge in [-0.3, -0.25) is 20.0 Å². The van der Waals surface area contributed by atoms with Crippen molar-refractivity contribution < 1.29 is 14.8 Å². The number of nitrogen functional groups attached to an aromatic ring is 1. The number of nitrogens with zero attached hydrogens (tertiary/aromatic N) is 4. The molecule has 3 rings (SSSR count). The van der Waals surface area contributed by atoms with E-state index >= 15 is 0 Å². The number of aromatic carboxylic acids is 1. The van der Waals surface area contributed by atoms with Gasteiger partial charge in [0.2, 0.25) is 0 Å². The number of aromatic nitrogens is 2. The predicted molar refractivity (Wildman–Crippen MR) is 99.8 cm³/mol. The monoisotopic (exact) mass is 382 g/mol. The van der Waals surface area contributed by atoms with Gasteiger partial charge in [0.25, 0.3) is 11.2 Å². The van der Waals surface area contributed by atoms with Crippen molar-refractivity contribution >= 4 is 28.7 Å². The fourth-order valence-electron chi connectivity index (χ4n) is 2.50. The minimum absolute atomic E-state index is 0.0304. The van der Waals surface area contributed by atoms with Crippen molar-refractivity contribution in [3.63, 3.8) is 0 Å². The summed E-state index contributed by atoms with van der Waals surface area (Å²) in [5.41, 5.74) is 5.65. The molecule has 0 spiro atoms. The Balaban J connectivity index is 2.03. The first-order chi connectivity index (χ1) is 13.3. The number of azo groups is 1. The van der Waals surface area contributed by atoms with Crippen molar-refractivity contribution in [2.75, 3.05) is 5.73 Å². The highest BCUT2D eigenvalue weighted by Gasteiger charge is 2.17. The number of anilines is 1. The van der Waals surface area contributed by atoms with E-state index in [1.807, 2.05) is 0 Å². The van der Waals surface area contributed by atoms with Gasteiger partial charge in [-0.05, 0) is 31.2 Å². The van der Waals surface area contributed by atoms with Crippen molar-refractivity contribution in [2.45, 2.75) is 6.92 Å². The molecular weight excluding hydrogens is 368 g/mol. The maximum atomic E-state index is 12.6. The van der Waals surface area contributed by atoms with E-state index in [4.69, 9.17) is 5.73 Å². The highest BCUT2D eigenvalue weighted by Crippen LogP contribution is 2.26. The highest BCUT2D eigenvalue weighted by atomic mass is 16.6. The average Bonchev–Trinajstić information content (AvgIpc) is 2.93. The molecule has 2 aromatic carbocycles. The summed E-state index contributed by atoms with van der Waals surface area (Å²) in [7, 11) is 0. The summed E-state index contributed by atoms with van der Waals surface area (Å²) in [5, 5.41) is 30.6. The molecule has 0 amide bonds. The quantitative estimate of drug-likeness (QED) is 0.265. The molecule has 4 N–H and O–H groups in total. The number of hydrogen-bond acceptors (Lipinski definition) is 7. The van der Waals surface area contributed by atoms with Crippen molar-refractivity contribution in [3.8, 4) is 5.69 Å². The molecule has 0 saturated heterocycles. The molecule has 1 aromatic heterocycles. The number of hydrogen-bond donors (Lipinski definition) is 3. The number of carboxylic acid groups (broad SMARTS) is 1. The summed E-state index contributed by atoms with van der Waals surface area (Å²) < 4.78 is 1.23. The van der Waals surface area contributed by atoms with E-state index in [2.05, 4.69) is 15.3 Å². The van der Waals surface area contributed by atoms with Crippen molar-refractivity contribution in [1.82, 2.24) is 9.78 Å². The smallest absolute Gasteiger partial charge is 0.338 e. The van der Waals surface area contributed by atoms with E-state index in [1.54, 1.807) is 31.2 Å². The van der Waals surface area contributed by atoms with Crippen molar-refractivity contribution in [2.24, 2.45) is 10.2 Å². The van der Waals surface area contributed by atoms with Crippen LogP contribution in [0.5, 0.6) is 0 Å². The van der Waals surface area contributed by atoms with Crippen LogP contribution in [0.2, 0.25) is 0 Å². The second-order valence-corrected chi connectivity index (χ2v) is 5.78. The van der Waals surface area contributed by atoms with E-state index in [0.29, 0.717) is 17.1 Å². The van der Waals surface area contributed by atoms with Gasteiger partial charge in [0.1, 0.15) is 5.69 Å². The number of nitro benzene ring substituents is 1. The molecule has 0 unspecified atom stereocenters. The fraction of sp³-hybridized carbons (Fsp3) is 0.0588. The van der Waals surface area contributed by atoms with Crippen LogP contribution in [0, 0.1) is 17.0 Å². The number of rotatable bonds is 5. The lowest BCUT2D eigenvalue weighted by molar-refractivity contribution is -0.384. The van der Waals surface area contributed by atoms with Crippen LogP contribution in [0.4, 0.5) is 22.7 Å². The van der Waals surface area contributed by atoms with Crippen LogP contribution >= 0.6 is 0 Å². The van der Waals surface area contributed by atoms with E-state index in [0.717, 1.165) is 18.2 Å². The Morgan fingerprint density at radius 2 is 2.00 bits per heavy atom. The minimum atomic E-state index is -1.40. The molecule has 0 fully saturated rings. The maximum absolute atomic E-state index is 12.6. The zero-order valence-corrected chi connectivity index (χ0v) is 14.5. The molecule has 3 aromatic rings. The minimum Gasteiger partial charge on any atom is -0.478 e. The SMILES string of the molecule is Cc1[nH]n(-c2cccc(N)c2)c(=O)c1N=Nc1ccc([N+](=O)[O-])cc1C(=O)O. The highest BCUT2D eigenvalue weighted by molar-refractivity contribution is 5.94. The van der Waals surface area contributed by atoms with Gasteiger partial charge in [0, 0.05) is 17.8 Å². The standard InChI is InChI=1S/C17H14N6O5/c1-9-15(16(24)22(21-9)11-4-2-3-10(18)7-11)20-19-14-6-5-12(23(27)28)8-13(14)17(25)26/h2-8,21H,18H2,1H3,(H,25,26). The van der Waals surface area contributed by atoms with Crippen LogP contribution in [0.3, 0.4) is 0 Å². The molecule has 142 valence electrons. The van der Waals surface area contributed by atoms with Gasteiger partial charge >= 0.3 is 5.97 Å². The number of benzene rings is 2. The number of carbonyl (C=O) groups is 1. The van der Waals surface area contributed by atoms with Gasteiger partial charge in [0.15, 0.2) is 5.69 Å². The Morgan fingerprint density at radius 1 is 1.25 bits per heavy atom. The Labute approximate surface area is 156 Å². The molecule has 11 nitrogen and oxygen atoms in total. The van der Waals surface area contributed by atoms with E-state index in [-0.39, 0.29) is 11.4 Å². The third-order valence-electron chi connectivity index (χ3n) is 3.85. The van der Waals surface area contributed by atoms with Gasteiger partial charge < -0.3 is 10.8 Å². The first-order valence-electron chi connectivity index (χ1n) is 7.89. The largest absolute Gasteiger partial charge is 0.478 e. The third kappa shape index (κ3) is 3.49. The number of nitrogens with one attached hydrogen (secondary N) is 1. The summed E-state index contributed by atoms with van der Waals surface area (Å²) in [4.78, 5) is 34.1. The number of aromatic amines is 1. The van der Waals surface area contributed by atoms with Gasteiger partial charge in [-0.25, -0.2) is 9.48 Å². The summed E-state index contributed by atoms with van der Waals surface area (Å²) >= 11 is 0.